The Hall–Kier alpha value is -8.08. The van der Waals surface area contributed by atoms with Gasteiger partial charge < -0.3 is 8.97 Å². The van der Waals surface area contributed by atoms with Gasteiger partial charge in [-0.25, -0.2) is 0 Å². The number of nitrogens with zero attached hydrogens (tertiary/aromatic N) is 2. The first-order valence-electron chi connectivity index (χ1n) is 22.4. The number of benzene rings is 9. The minimum absolute atomic E-state index is 0.0709. The number of carbonyl (C=O) groups is 2. The fourth-order valence-electron chi connectivity index (χ4n) is 13.3. The highest BCUT2D eigenvalue weighted by atomic mass is 16.1. The summed E-state index contributed by atoms with van der Waals surface area (Å²) in [5.74, 6) is -0.634. The molecule has 12 aromatic rings. The molecule has 0 radical (unpaired) electrons. The topological polar surface area (TPSA) is 43.5 Å². The maximum atomic E-state index is 15.4. The highest BCUT2D eigenvalue weighted by Gasteiger charge is 2.45. The molecule has 0 amide bonds. The Bertz CT molecular complexity index is 4050. The number of hydrogen-bond donors (Lipinski definition) is 0. The van der Waals surface area contributed by atoms with Gasteiger partial charge in [-0.1, -0.05) is 133 Å². The van der Waals surface area contributed by atoms with Crippen molar-refractivity contribution in [2.45, 2.75) is 23.7 Å². The largest absolute Gasteiger partial charge is 0.309 e. The molecule has 0 spiro atoms. The SMILES string of the molecule is O=C1c2cc3c(cc2C2c4ccccc4C1c1ccccc12)c1cc2c4ccccc4n(-c4ccccc4)c2c2c4cc5c(cc4n3c12)C(=O)C1c2ccccc2C5c2ccccc21. The lowest BCUT2D eigenvalue weighted by Crippen LogP contribution is -2.19. The summed E-state index contributed by atoms with van der Waals surface area (Å²) >= 11 is 0. The third-order valence-corrected chi connectivity index (χ3v) is 15.7. The monoisotopic (exact) mass is 814 g/mol. The Morgan fingerprint density at radius 2 is 0.734 bits per heavy atom. The molecule has 0 atom stereocenters. The number of para-hydroxylation sites is 2. The zero-order valence-electron chi connectivity index (χ0n) is 34.3. The van der Waals surface area contributed by atoms with Crippen LogP contribution in [0.4, 0.5) is 0 Å². The number of ketones is 2. The van der Waals surface area contributed by atoms with Crippen LogP contribution in [0.15, 0.2) is 182 Å². The van der Waals surface area contributed by atoms with E-state index in [2.05, 4.69) is 191 Å². The van der Waals surface area contributed by atoms with Crippen LogP contribution < -0.4 is 0 Å². The van der Waals surface area contributed by atoms with E-state index in [0.29, 0.717) is 0 Å². The van der Waals surface area contributed by atoms with Gasteiger partial charge >= 0.3 is 0 Å². The van der Waals surface area contributed by atoms with Gasteiger partial charge in [0.05, 0.1) is 39.4 Å². The second kappa shape index (κ2) is 11.5. The molecule has 4 heteroatoms. The summed E-state index contributed by atoms with van der Waals surface area (Å²) in [6.07, 6.45) is 0. The van der Waals surface area contributed by atoms with Gasteiger partial charge in [0.1, 0.15) is 0 Å². The Kier molecular flexibility index (Phi) is 6.02. The summed E-state index contributed by atoms with van der Waals surface area (Å²) < 4.78 is 4.85. The van der Waals surface area contributed by atoms with Crippen molar-refractivity contribution in [3.63, 3.8) is 0 Å². The van der Waals surface area contributed by atoms with E-state index >= 15 is 9.59 Å². The number of aromatic nitrogens is 2. The van der Waals surface area contributed by atoms with E-state index in [1.807, 2.05) is 0 Å². The van der Waals surface area contributed by atoms with Crippen LogP contribution in [-0.4, -0.2) is 20.5 Å². The molecule has 4 bridgehead atoms. The van der Waals surface area contributed by atoms with E-state index in [9.17, 15) is 0 Å². The van der Waals surface area contributed by atoms with E-state index < -0.39 is 0 Å². The zero-order chi connectivity index (χ0) is 41.7. The third kappa shape index (κ3) is 3.82. The smallest absolute Gasteiger partial charge is 0.175 e. The molecule has 0 saturated carbocycles. The molecule has 0 aliphatic heterocycles. The normalized spacial score (nSPS) is 19.0. The number of rotatable bonds is 1. The second-order valence-electron chi connectivity index (χ2n) is 18.5. The molecule has 6 aliphatic rings. The molecule has 3 heterocycles. The lowest BCUT2D eigenvalue weighted by molar-refractivity contribution is 0.0966. The first-order chi connectivity index (χ1) is 31.6. The van der Waals surface area contributed by atoms with Crippen LogP contribution >= 0.6 is 0 Å². The van der Waals surface area contributed by atoms with Crippen LogP contribution in [0.2, 0.25) is 0 Å². The maximum absolute atomic E-state index is 15.4. The fourth-order valence-corrected chi connectivity index (χ4v) is 13.3. The molecule has 0 N–H and O–H groups in total. The predicted molar refractivity (Wildman–Crippen MR) is 255 cm³/mol. The summed E-state index contributed by atoms with van der Waals surface area (Å²) in [5.41, 5.74) is 19.4. The van der Waals surface area contributed by atoms with Gasteiger partial charge in [-0.3, -0.25) is 9.59 Å². The van der Waals surface area contributed by atoms with Crippen molar-refractivity contribution in [2.75, 3.05) is 0 Å². The van der Waals surface area contributed by atoms with Crippen molar-refractivity contribution in [1.29, 1.82) is 0 Å². The summed E-state index contributed by atoms with van der Waals surface area (Å²) in [6, 6.07) is 65.3. The Balaban J connectivity index is 1.11. The van der Waals surface area contributed by atoms with Crippen LogP contribution in [0.1, 0.15) is 100 Å². The van der Waals surface area contributed by atoms with Gasteiger partial charge in [0.25, 0.3) is 0 Å². The van der Waals surface area contributed by atoms with Gasteiger partial charge in [-0.15, -0.1) is 0 Å². The fraction of sp³-hybridized carbons (Fsp3) is 0.0667. The van der Waals surface area contributed by atoms with Crippen molar-refractivity contribution < 1.29 is 9.59 Å². The number of hydrogen-bond acceptors (Lipinski definition) is 2. The van der Waals surface area contributed by atoms with E-state index in [-0.39, 0.29) is 35.2 Å². The van der Waals surface area contributed by atoms with Crippen LogP contribution in [0.3, 0.4) is 0 Å². The molecule has 64 heavy (non-hydrogen) atoms. The molecule has 0 unspecified atom stereocenters. The van der Waals surface area contributed by atoms with Crippen molar-refractivity contribution >= 4 is 71.5 Å². The average molecular weight is 815 g/mol. The molecular formula is C60H34N2O2. The van der Waals surface area contributed by atoms with Crippen LogP contribution in [0.5, 0.6) is 0 Å². The third-order valence-electron chi connectivity index (χ3n) is 15.7. The number of fused-ring (bicyclic) bond motifs is 10. The van der Waals surface area contributed by atoms with Crippen LogP contribution in [0.25, 0.3) is 65.6 Å². The molecule has 6 aliphatic carbocycles. The first-order valence-corrected chi connectivity index (χ1v) is 22.4. The molecular weight excluding hydrogens is 781 g/mol. The molecule has 3 aromatic heterocycles. The Labute approximate surface area is 366 Å². The number of carbonyl (C=O) groups excluding carboxylic acids is 2. The lowest BCUT2D eigenvalue weighted by Gasteiger charge is -2.30. The van der Waals surface area contributed by atoms with Gasteiger partial charge in [0.15, 0.2) is 11.6 Å². The summed E-state index contributed by atoms with van der Waals surface area (Å²) in [5, 5.41) is 6.91. The highest BCUT2D eigenvalue weighted by Crippen LogP contribution is 2.56. The summed E-state index contributed by atoms with van der Waals surface area (Å²) in [6.45, 7) is 0. The quantitative estimate of drug-likeness (QED) is 0.166. The lowest BCUT2D eigenvalue weighted by atomic mass is 9.72. The maximum Gasteiger partial charge on any atom is 0.175 e. The predicted octanol–water partition coefficient (Wildman–Crippen LogP) is 13.6. The zero-order valence-corrected chi connectivity index (χ0v) is 34.3. The van der Waals surface area contributed by atoms with E-state index in [1.165, 1.54) is 33.0 Å². The van der Waals surface area contributed by atoms with E-state index in [1.54, 1.807) is 0 Å². The van der Waals surface area contributed by atoms with Gasteiger partial charge in [0, 0.05) is 61.0 Å². The van der Waals surface area contributed by atoms with Gasteiger partial charge in [0.2, 0.25) is 0 Å². The Morgan fingerprint density at radius 1 is 0.312 bits per heavy atom. The average Bonchev–Trinajstić information content (AvgIpc) is 3.87. The highest BCUT2D eigenvalue weighted by molar-refractivity contribution is 6.35. The second-order valence-corrected chi connectivity index (χ2v) is 18.5. The van der Waals surface area contributed by atoms with Crippen molar-refractivity contribution in [1.82, 2.24) is 8.97 Å². The van der Waals surface area contributed by atoms with Crippen molar-refractivity contribution in [3.05, 3.63) is 249 Å². The van der Waals surface area contributed by atoms with Gasteiger partial charge in [-0.05, 0) is 104 Å². The molecule has 18 rings (SSSR count). The van der Waals surface area contributed by atoms with Gasteiger partial charge in [-0.2, -0.15) is 0 Å². The van der Waals surface area contributed by atoms with E-state index in [0.717, 1.165) is 99.3 Å². The minimum atomic E-state index is -0.382. The van der Waals surface area contributed by atoms with Crippen LogP contribution in [-0.2, 0) is 0 Å². The standard InChI is InChI=1S/C60H34N2O2/c63-59-46-29-50-41(26-42(46)52-33-17-4-8-21-37(33)54(59)38-22-9-5-18-34(38)52)45-28-44-32-16-12-13-25-49(32)61(31-14-2-1-3-15-31)57(44)56-48-27-43-47(30-51(48)62(50)58(45)56)60(64)55-39-23-10-6-19-35(39)53(43)36-20-7-11-24-40(36)55/h1-30,52-55H. The Morgan fingerprint density at radius 3 is 1.27 bits per heavy atom. The molecule has 9 aromatic carbocycles. The summed E-state index contributed by atoms with van der Waals surface area (Å²) in [4.78, 5) is 30.8. The summed E-state index contributed by atoms with van der Waals surface area (Å²) in [7, 11) is 0. The van der Waals surface area contributed by atoms with Crippen molar-refractivity contribution in [3.8, 4) is 5.69 Å². The number of Topliss-reactive ketones (excluding diaryl/α,β-unsaturated/α-hetero) is 2. The molecule has 4 nitrogen and oxygen atoms in total. The molecule has 296 valence electrons. The minimum Gasteiger partial charge on any atom is -0.309 e. The first kappa shape index (κ1) is 33.5. The van der Waals surface area contributed by atoms with Crippen molar-refractivity contribution in [2.24, 2.45) is 0 Å². The molecule has 0 saturated heterocycles. The molecule has 0 fully saturated rings. The van der Waals surface area contributed by atoms with Crippen LogP contribution in [0, 0.1) is 0 Å². The van der Waals surface area contributed by atoms with E-state index in [4.69, 9.17) is 0 Å².